The molecule has 3 aliphatic heterocycles. The van der Waals surface area contributed by atoms with Gasteiger partial charge in [0.05, 0.1) is 17.8 Å². The van der Waals surface area contributed by atoms with Gasteiger partial charge in [-0.25, -0.2) is 19.9 Å². The molecule has 5 heterocycles. The molecule has 5 rings (SSSR count). The number of rotatable bonds is 5. The Morgan fingerprint density at radius 1 is 1.11 bits per heavy atom. The summed E-state index contributed by atoms with van der Waals surface area (Å²) in [7, 11) is 0. The van der Waals surface area contributed by atoms with Crippen LogP contribution in [0.15, 0.2) is 16.3 Å². The van der Waals surface area contributed by atoms with Gasteiger partial charge in [-0.1, -0.05) is 11.6 Å². The number of nitrogens with two attached hydrogens (primary N) is 3. The number of nitrogens with zero attached hydrogens (tertiary/aromatic N) is 7. The van der Waals surface area contributed by atoms with Crippen molar-refractivity contribution in [2.45, 2.75) is 44.1 Å². The van der Waals surface area contributed by atoms with Crippen LogP contribution in [0, 0.1) is 0 Å². The zero-order valence-electron chi connectivity index (χ0n) is 20.0. The zero-order valence-corrected chi connectivity index (χ0v) is 20.8. The number of nitrogen functional groups attached to an aromatic ring is 3. The number of hydrogen-bond acceptors (Lipinski definition) is 12. The topological polar surface area (TPSA) is 216 Å². The third kappa shape index (κ3) is 5.09. The summed E-state index contributed by atoms with van der Waals surface area (Å²) in [5, 5.41) is 5.86. The molecule has 1 saturated heterocycles. The van der Waals surface area contributed by atoms with Gasteiger partial charge in [-0.3, -0.25) is 24.9 Å². The minimum atomic E-state index is -0.590. The number of fused-ring (bicyclic) bond motifs is 1. The lowest BCUT2D eigenvalue weighted by molar-refractivity contribution is -0.132. The van der Waals surface area contributed by atoms with E-state index in [0.717, 1.165) is 11.4 Å². The quantitative estimate of drug-likeness (QED) is 0.356. The van der Waals surface area contributed by atoms with E-state index in [1.165, 1.54) is 6.33 Å². The van der Waals surface area contributed by atoms with Gasteiger partial charge in [0.15, 0.2) is 34.3 Å². The van der Waals surface area contributed by atoms with Gasteiger partial charge in [0, 0.05) is 31.6 Å². The number of amides is 2. The average Bonchev–Trinajstić information content (AvgIpc) is 3.46. The van der Waals surface area contributed by atoms with E-state index >= 15 is 0 Å². The van der Waals surface area contributed by atoms with E-state index in [2.05, 4.69) is 40.6 Å². The SMILES string of the molecule is Nc1nc(N)c(C(=O)NC2=NCC3(CCN(C(=O)CCCC4=Nc5c(N)ncnc5C4)CC3)N2)nc1Cl. The van der Waals surface area contributed by atoms with Crippen LogP contribution in [0.1, 0.15) is 48.3 Å². The molecule has 0 aromatic carbocycles. The molecule has 3 aliphatic rings. The van der Waals surface area contributed by atoms with Gasteiger partial charge in [-0.2, -0.15) is 0 Å². The first-order chi connectivity index (χ1) is 17.7. The first kappa shape index (κ1) is 24.6. The van der Waals surface area contributed by atoms with Gasteiger partial charge in [-0.15, -0.1) is 0 Å². The summed E-state index contributed by atoms with van der Waals surface area (Å²) in [6.45, 7) is 1.70. The molecule has 1 fully saturated rings. The fraction of sp³-hybridized carbons (Fsp3) is 0.455. The number of carbonyl (C=O) groups is 2. The second kappa shape index (κ2) is 9.76. The first-order valence-corrected chi connectivity index (χ1v) is 12.3. The Bertz CT molecular complexity index is 1320. The Balaban J connectivity index is 1.07. The number of carbonyl (C=O) groups excluding carboxylic acids is 2. The standard InChI is InChI=1S/C22H27ClN12O2/c23-16-19(26)32-18(25)15(31-16)20(37)33-21-27-9-22(34-21)4-6-35(7-5-22)13(36)3-1-2-11-8-12-14(30-11)17(24)29-10-28-12/h10H,1-9H2,(H2,24,28,29)(H4,25,26,32)(H2,27,33,34,37). The second-order valence-electron chi connectivity index (χ2n) is 9.30. The largest absolute Gasteiger partial charge is 0.382 e. The highest BCUT2D eigenvalue weighted by Gasteiger charge is 2.40. The van der Waals surface area contributed by atoms with Crippen molar-refractivity contribution in [3.8, 4) is 0 Å². The molecular weight excluding hydrogens is 500 g/mol. The van der Waals surface area contributed by atoms with Crippen molar-refractivity contribution in [3.05, 3.63) is 22.9 Å². The number of anilines is 3. The zero-order chi connectivity index (χ0) is 26.2. The summed E-state index contributed by atoms with van der Waals surface area (Å²) in [4.78, 5) is 52.1. The highest BCUT2D eigenvalue weighted by molar-refractivity contribution is 6.31. The molecule has 0 unspecified atom stereocenters. The van der Waals surface area contributed by atoms with Crippen LogP contribution in [0.2, 0.25) is 5.15 Å². The summed E-state index contributed by atoms with van der Waals surface area (Å²) in [6, 6.07) is 0. The Morgan fingerprint density at radius 2 is 1.89 bits per heavy atom. The highest BCUT2D eigenvalue weighted by atomic mass is 35.5. The Labute approximate surface area is 217 Å². The van der Waals surface area contributed by atoms with Crippen LogP contribution in [-0.4, -0.2) is 73.5 Å². The number of piperidine rings is 1. The molecule has 0 radical (unpaired) electrons. The van der Waals surface area contributed by atoms with Crippen LogP contribution in [-0.2, 0) is 11.2 Å². The van der Waals surface area contributed by atoms with Crippen LogP contribution < -0.4 is 27.8 Å². The molecule has 2 aromatic rings. The molecular formula is C22H27ClN12O2. The monoisotopic (exact) mass is 526 g/mol. The molecule has 194 valence electrons. The number of likely N-dealkylation sites (tertiary alicyclic amines) is 1. The second-order valence-corrected chi connectivity index (χ2v) is 9.66. The molecule has 37 heavy (non-hydrogen) atoms. The molecule has 2 aromatic heterocycles. The molecule has 0 aliphatic carbocycles. The molecule has 2 amide bonds. The molecule has 14 nitrogen and oxygen atoms in total. The number of aliphatic imine (C=N–C) groups is 2. The number of guanidine groups is 1. The molecule has 8 N–H and O–H groups in total. The van der Waals surface area contributed by atoms with E-state index in [9.17, 15) is 9.59 Å². The fourth-order valence-electron chi connectivity index (χ4n) is 4.69. The van der Waals surface area contributed by atoms with Gasteiger partial charge < -0.3 is 27.4 Å². The van der Waals surface area contributed by atoms with Crippen LogP contribution in [0.3, 0.4) is 0 Å². The van der Waals surface area contributed by atoms with Crippen molar-refractivity contribution < 1.29 is 9.59 Å². The summed E-state index contributed by atoms with van der Waals surface area (Å²) in [6.07, 6.45) is 5.37. The lowest BCUT2D eigenvalue weighted by atomic mass is 9.88. The van der Waals surface area contributed by atoms with E-state index < -0.39 is 5.91 Å². The van der Waals surface area contributed by atoms with Crippen molar-refractivity contribution in [1.82, 2.24) is 35.5 Å². The maximum absolute atomic E-state index is 12.8. The maximum Gasteiger partial charge on any atom is 0.280 e. The van der Waals surface area contributed by atoms with Gasteiger partial charge in [0.25, 0.3) is 5.91 Å². The summed E-state index contributed by atoms with van der Waals surface area (Å²) >= 11 is 5.86. The van der Waals surface area contributed by atoms with Gasteiger partial charge in [-0.05, 0) is 25.7 Å². The van der Waals surface area contributed by atoms with E-state index in [-0.39, 0.29) is 33.9 Å². The van der Waals surface area contributed by atoms with Crippen molar-refractivity contribution in [1.29, 1.82) is 0 Å². The first-order valence-electron chi connectivity index (χ1n) is 11.9. The minimum absolute atomic E-state index is 0.0507. The van der Waals surface area contributed by atoms with Crippen molar-refractivity contribution in [2.24, 2.45) is 9.98 Å². The predicted octanol–water partition coefficient (Wildman–Crippen LogP) is 0.216. The smallest absolute Gasteiger partial charge is 0.280 e. The van der Waals surface area contributed by atoms with Crippen LogP contribution in [0.25, 0.3) is 0 Å². The average molecular weight is 527 g/mol. The Hall–Kier alpha value is -4.07. The number of nitrogens with one attached hydrogen (secondary N) is 2. The maximum atomic E-state index is 12.8. The molecule has 0 bridgehead atoms. The summed E-state index contributed by atoms with van der Waals surface area (Å²) in [5.74, 6) is 0.0622. The Morgan fingerprint density at radius 3 is 2.65 bits per heavy atom. The van der Waals surface area contributed by atoms with Gasteiger partial charge in [0.2, 0.25) is 5.91 Å². The normalized spacial score (nSPS) is 17.7. The predicted molar refractivity (Wildman–Crippen MR) is 138 cm³/mol. The van der Waals surface area contributed by atoms with Crippen LogP contribution in [0.4, 0.5) is 23.1 Å². The van der Waals surface area contributed by atoms with Crippen LogP contribution in [0.5, 0.6) is 0 Å². The number of halogens is 1. The van der Waals surface area contributed by atoms with E-state index in [1.54, 1.807) is 0 Å². The van der Waals surface area contributed by atoms with E-state index in [0.29, 0.717) is 75.6 Å². The lowest BCUT2D eigenvalue weighted by Gasteiger charge is -2.39. The molecule has 0 atom stereocenters. The van der Waals surface area contributed by atoms with E-state index in [4.69, 9.17) is 28.8 Å². The van der Waals surface area contributed by atoms with Crippen molar-refractivity contribution in [2.75, 3.05) is 36.8 Å². The van der Waals surface area contributed by atoms with E-state index in [1.807, 2.05) is 4.90 Å². The number of hydrogen-bond donors (Lipinski definition) is 5. The van der Waals surface area contributed by atoms with Gasteiger partial charge >= 0.3 is 0 Å². The third-order valence-corrected chi connectivity index (χ3v) is 7.05. The fourth-order valence-corrected chi connectivity index (χ4v) is 4.82. The third-order valence-electron chi connectivity index (χ3n) is 6.77. The van der Waals surface area contributed by atoms with Gasteiger partial charge in [0.1, 0.15) is 12.0 Å². The minimum Gasteiger partial charge on any atom is -0.382 e. The molecule has 0 saturated carbocycles. The summed E-state index contributed by atoms with van der Waals surface area (Å²) < 4.78 is 0. The lowest BCUT2D eigenvalue weighted by Crippen LogP contribution is -2.56. The van der Waals surface area contributed by atoms with Crippen molar-refractivity contribution in [3.63, 3.8) is 0 Å². The Kier molecular flexibility index (Phi) is 6.50. The molecule has 1 spiro atoms. The summed E-state index contributed by atoms with van der Waals surface area (Å²) in [5.41, 5.74) is 19.2. The highest BCUT2D eigenvalue weighted by Crippen LogP contribution is 2.31. The molecule has 15 heteroatoms. The van der Waals surface area contributed by atoms with Crippen molar-refractivity contribution >= 4 is 58.2 Å². The number of aromatic nitrogens is 4. The van der Waals surface area contributed by atoms with Crippen LogP contribution >= 0.6 is 11.6 Å².